The third kappa shape index (κ3) is 2.55. The lowest BCUT2D eigenvalue weighted by Gasteiger charge is -2.14. The van der Waals surface area contributed by atoms with Gasteiger partial charge in [0.25, 0.3) is 0 Å². The monoisotopic (exact) mass is 209 g/mol. The van der Waals surface area contributed by atoms with Crippen LogP contribution in [0.3, 0.4) is 0 Å². The van der Waals surface area contributed by atoms with Crippen LogP contribution in [0.15, 0.2) is 12.1 Å². The number of hydrogen-bond donors (Lipinski definition) is 0. The van der Waals surface area contributed by atoms with Crippen LogP contribution in [0.2, 0.25) is 0 Å². The van der Waals surface area contributed by atoms with Gasteiger partial charge in [0.1, 0.15) is 17.2 Å². The Bertz CT molecular complexity index is 296. The van der Waals surface area contributed by atoms with E-state index in [0.717, 1.165) is 29.2 Å². The van der Waals surface area contributed by atoms with Crippen molar-refractivity contribution in [1.29, 1.82) is 0 Å². The minimum atomic E-state index is 0.733. The lowest BCUT2D eigenvalue weighted by Crippen LogP contribution is -1.97. The van der Waals surface area contributed by atoms with Crippen LogP contribution in [0.4, 0.5) is 0 Å². The van der Waals surface area contributed by atoms with Gasteiger partial charge in [0.15, 0.2) is 0 Å². The molecule has 0 aliphatic heterocycles. The van der Waals surface area contributed by atoms with E-state index in [1.807, 2.05) is 12.1 Å². The molecule has 0 spiro atoms. The Morgan fingerprint density at radius 2 is 1.53 bits per heavy atom. The van der Waals surface area contributed by atoms with Gasteiger partial charge in [-0.3, -0.25) is 0 Å². The van der Waals surface area contributed by atoms with Crippen LogP contribution in [0.5, 0.6) is 17.2 Å². The molecule has 15 heavy (non-hydrogen) atoms. The molecule has 0 N–H and O–H groups in total. The molecule has 1 aromatic carbocycles. The van der Waals surface area contributed by atoms with E-state index in [2.05, 4.69) is 13.3 Å². The van der Waals surface area contributed by atoms with Crippen LogP contribution in [0.25, 0.3) is 0 Å². The summed E-state index contributed by atoms with van der Waals surface area (Å²) < 4.78 is 15.7. The van der Waals surface area contributed by atoms with Gasteiger partial charge in [-0.05, 0) is 12.8 Å². The number of methoxy groups -OCH3 is 3. The summed E-state index contributed by atoms with van der Waals surface area (Å²) in [6, 6.07) is 3.70. The fraction of sp³-hybridized carbons (Fsp3) is 0.417. The summed E-state index contributed by atoms with van der Waals surface area (Å²) in [7, 11) is 4.90. The highest BCUT2D eigenvalue weighted by Gasteiger charge is 2.11. The maximum absolute atomic E-state index is 5.29. The molecule has 0 aliphatic rings. The molecule has 0 unspecified atom stereocenters. The molecule has 1 aromatic rings. The Morgan fingerprint density at radius 1 is 1.00 bits per heavy atom. The summed E-state index contributed by atoms with van der Waals surface area (Å²) >= 11 is 0. The van der Waals surface area contributed by atoms with E-state index in [-0.39, 0.29) is 0 Å². The average Bonchev–Trinajstić information content (AvgIpc) is 2.29. The van der Waals surface area contributed by atoms with Crippen molar-refractivity contribution in [2.75, 3.05) is 21.3 Å². The van der Waals surface area contributed by atoms with Crippen molar-refractivity contribution in [3.63, 3.8) is 0 Å². The second-order valence-corrected chi connectivity index (χ2v) is 3.06. The minimum absolute atomic E-state index is 0.733. The Labute approximate surface area is 91.0 Å². The molecule has 3 heteroatoms. The first kappa shape index (κ1) is 11.7. The Hall–Kier alpha value is -1.38. The van der Waals surface area contributed by atoms with E-state index < -0.39 is 0 Å². The second kappa shape index (κ2) is 5.49. The molecular weight excluding hydrogens is 192 g/mol. The topological polar surface area (TPSA) is 27.7 Å². The van der Waals surface area contributed by atoms with Gasteiger partial charge in [-0.25, -0.2) is 0 Å². The summed E-state index contributed by atoms with van der Waals surface area (Å²) in [5, 5.41) is 0. The van der Waals surface area contributed by atoms with Gasteiger partial charge in [-0.15, -0.1) is 0 Å². The molecule has 1 rings (SSSR count). The van der Waals surface area contributed by atoms with Crippen molar-refractivity contribution in [2.24, 2.45) is 0 Å². The van der Waals surface area contributed by atoms with E-state index in [9.17, 15) is 0 Å². The highest BCUT2D eigenvalue weighted by Crippen LogP contribution is 2.35. The highest BCUT2D eigenvalue weighted by atomic mass is 16.5. The first-order valence-electron chi connectivity index (χ1n) is 4.90. The zero-order valence-electron chi connectivity index (χ0n) is 9.66. The molecule has 0 saturated carbocycles. The van der Waals surface area contributed by atoms with Gasteiger partial charge in [-0.2, -0.15) is 0 Å². The molecule has 0 amide bonds. The van der Waals surface area contributed by atoms with E-state index >= 15 is 0 Å². The standard InChI is InChI=1S/C12H17O3/c1-5-6-10-11(14-3)7-9(13-2)8-12(10)15-4/h6-8H,5H2,1-4H3. The molecule has 0 heterocycles. The Balaban J connectivity index is 3.19. The molecule has 3 nitrogen and oxygen atoms in total. The molecule has 1 radical (unpaired) electrons. The fourth-order valence-corrected chi connectivity index (χ4v) is 1.44. The van der Waals surface area contributed by atoms with Crippen molar-refractivity contribution in [3.8, 4) is 17.2 Å². The number of rotatable bonds is 5. The first-order chi connectivity index (χ1) is 7.26. The number of hydrogen-bond acceptors (Lipinski definition) is 3. The summed E-state index contributed by atoms with van der Waals surface area (Å²) in [6.07, 6.45) is 3.00. The molecular formula is C12H17O3. The van der Waals surface area contributed by atoms with Crippen LogP contribution < -0.4 is 14.2 Å². The van der Waals surface area contributed by atoms with Crippen LogP contribution >= 0.6 is 0 Å². The summed E-state index contributed by atoms with van der Waals surface area (Å²) in [5.41, 5.74) is 0.975. The van der Waals surface area contributed by atoms with Crippen molar-refractivity contribution in [1.82, 2.24) is 0 Å². The molecule has 0 aliphatic carbocycles. The van der Waals surface area contributed by atoms with Gasteiger partial charge < -0.3 is 14.2 Å². The smallest absolute Gasteiger partial charge is 0.129 e. The maximum Gasteiger partial charge on any atom is 0.129 e. The summed E-state index contributed by atoms with van der Waals surface area (Å²) in [5.74, 6) is 2.28. The quantitative estimate of drug-likeness (QED) is 0.746. The zero-order chi connectivity index (χ0) is 11.3. The molecule has 0 fully saturated rings. The van der Waals surface area contributed by atoms with Gasteiger partial charge in [0.2, 0.25) is 0 Å². The fourth-order valence-electron chi connectivity index (χ4n) is 1.44. The SMILES string of the molecule is CC[CH]c1c(OC)cc(OC)cc1OC. The molecule has 0 saturated heterocycles. The maximum atomic E-state index is 5.29. The van der Waals surface area contributed by atoms with Crippen LogP contribution in [0, 0.1) is 6.42 Å². The van der Waals surface area contributed by atoms with Gasteiger partial charge in [0, 0.05) is 17.7 Å². The highest BCUT2D eigenvalue weighted by molar-refractivity contribution is 5.54. The normalized spacial score (nSPS) is 9.87. The van der Waals surface area contributed by atoms with Crippen molar-refractivity contribution in [2.45, 2.75) is 13.3 Å². The van der Waals surface area contributed by atoms with Crippen LogP contribution in [-0.2, 0) is 0 Å². The van der Waals surface area contributed by atoms with Crippen molar-refractivity contribution >= 4 is 0 Å². The van der Waals surface area contributed by atoms with E-state index in [1.165, 1.54) is 0 Å². The predicted molar refractivity (Wildman–Crippen MR) is 59.8 cm³/mol. The van der Waals surface area contributed by atoms with E-state index in [4.69, 9.17) is 14.2 Å². The summed E-state index contributed by atoms with van der Waals surface area (Å²) in [4.78, 5) is 0. The molecule has 83 valence electrons. The molecule has 0 atom stereocenters. The predicted octanol–water partition coefficient (Wildman–Crippen LogP) is 2.67. The van der Waals surface area contributed by atoms with Crippen LogP contribution in [-0.4, -0.2) is 21.3 Å². The lowest BCUT2D eigenvalue weighted by molar-refractivity contribution is 0.372. The third-order valence-corrected chi connectivity index (χ3v) is 2.16. The minimum Gasteiger partial charge on any atom is -0.496 e. The average molecular weight is 209 g/mol. The lowest BCUT2D eigenvalue weighted by atomic mass is 10.1. The van der Waals surface area contributed by atoms with E-state index in [0.29, 0.717) is 0 Å². The molecule has 0 bridgehead atoms. The number of benzene rings is 1. The third-order valence-electron chi connectivity index (χ3n) is 2.16. The Kier molecular flexibility index (Phi) is 4.28. The van der Waals surface area contributed by atoms with Gasteiger partial charge >= 0.3 is 0 Å². The Morgan fingerprint density at radius 3 is 1.87 bits per heavy atom. The first-order valence-corrected chi connectivity index (χ1v) is 4.90. The van der Waals surface area contributed by atoms with E-state index in [1.54, 1.807) is 21.3 Å². The van der Waals surface area contributed by atoms with Crippen molar-refractivity contribution < 1.29 is 14.2 Å². The van der Waals surface area contributed by atoms with Crippen molar-refractivity contribution in [3.05, 3.63) is 24.1 Å². The van der Waals surface area contributed by atoms with Gasteiger partial charge in [-0.1, -0.05) is 6.92 Å². The molecule has 0 aromatic heterocycles. The zero-order valence-corrected chi connectivity index (χ0v) is 9.66. The summed E-state index contributed by atoms with van der Waals surface area (Å²) in [6.45, 7) is 2.07. The van der Waals surface area contributed by atoms with Crippen LogP contribution in [0.1, 0.15) is 18.9 Å². The number of ether oxygens (including phenoxy) is 3. The largest absolute Gasteiger partial charge is 0.496 e. The van der Waals surface area contributed by atoms with Gasteiger partial charge in [0.05, 0.1) is 21.3 Å². The second-order valence-electron chi connectivity index (χ2n) is 3.06.